The maximum absolute atomic E-state index is 13.2. The fraction of sp³-hybridized carbons (Fsp3) is 0.174. The lowest BCUT2D eigenvalue weighted by molar-refractivity contribution is -0.123. The van der Waals surface area contributed by atoms with Crippen LogP contribution in [0.5, 0.6) is 0 Å². The Morgan fingerprint density at radius 3 is 2.21 bits per heavy atom. The number of nitrogens with one attached hydrogen (secondary N) is 1. The summed E-state index contributed by atoms with van der Waals surface area (Å²) < 4.78 is 14.4. The third kappa shape index (κ3) is 4.85. The number of pyridine rings is 1. The zero-order valence-electron chi connectivity index (χ0n) is 16.2. The van der Waals surface area contributed by atoms with Crippen LogP contribution in [0.3, 0.4) is 0 Å². The lowest BCUT2D eigenvalue weighted by Gasteiger charge is -2.19. The SMILES string of the molecule is Cc1ccc(CNC(=O)[C@H](C(=O)c2ccc(F)cc2)n2cc(C)ccc2=O)cc1. The highest BCUT2D eigenvalue weighted by molar-refractivity contribution is 6.11. The van der Waals surface area contributed by atoms with Gasteiger partial charge in [-0.25, -0.2) is 4.39 Å². The van der Waals surface area contributed by atoms with Crippen LogP contribution in [-0.4, -0.2) is 16.3 Å². The Bertz CT molecular complexity index is 1090. The van der Waals surface area contributed by atoms with Crippen molar-refractivity contribution in [3.63, 3.8) is 0 Å². The van der Waals surface area contributed by atoms with Gasteiger partial charge < -0.3 is 5.32 Å². The summed E-state index contributed by atoms with van der Waals surface area (Å²) in [4.78, 5) is 38.4. The molecule has 0 saturated carbocycles. The normalized spacial score (nSPS) is 11.7. The van der Waals surface area contributed by atoms with E-state index >= 15 is 0 Å². The monoisotopic (exact) mass is 392 g/mol. The molecule has 0 spiro atoms. The van der Waals surface area contributed by atoms with Gasteiger partial charge in [0, 0.05) is 24.4 Å². The van der Waals surface area contributed by atoms with Crippen LogP contribution in [0.1, 0.15) is 33.1 Å². The number of rotatable bonds is 6. The van der Waals surface area contributed by atoms with Crippen molar-refractivity contribution in [3.8, 4) is 0 Å². The van der Waals surface area contributed by atoms with E-state index in [1.165, 1.54) is 24.4 Å². The van der Waals surface area contributed by atoms with E-state index in [1.807, 2.05) is 31.2 Å². The van der Waals surface area contributed by atoms with Gasteiger partial charge in [-0.1, -0.05) is 35.9 Å². The van der Waals surface area contributed by atoms with Crippen LogP contribution in [0.2, 0.25) is 0 Å². The van der Waals surface area contributed by atoms with Gasteiger partial charge >= 0.3 is 0 Å². The number of carbonyl (C=O) groups excluding carboxylic acids is 2. The van der Waals surface area contributed by atoms with Crippen molar-refractivity contribution in [2.75, 3.05) is 0 Å². The molecule has 0 aliphatic heterocycles. The number of ketones is 1. The lowest BCUT2D eigenvalue weighted by atomic mass is 10.0. The second-order valence-electron chi connectivity index (χ2n) is 6.93. The average Bonchev–Trinajstić information content (AvgIpc) is 2.71. The van der Waals surface area contributed by atoms with Gasteiger partial charge in [0.25, 0.3) is 11.5 Å². The molecule has 0 saturated heterocycles. The largest absolute Gasteiger partial charge is 0.350 e. The predicted octanol–water partition coefficient (Wildman–Crippen LogP) is 3.34. The molecule has 3 rings (SSSR count). The van der Waals surface area contributed by atoms with Crippen molar-refractivity contribution in [1.29, 1.82) is 0 Å². The molecule has 1 heterocycles. The summed E-state index contributed by atoms with van der Waals surface area (Å²) >= 11 is 0. The first-order valence-corrected chi connectivity index (χ1v) is 9.17. The minimum absolute atomic E-state index is 0.148. The quantitative estimate of drug-likeness (QED) is 0.517. The van der Waals surface area contributed by atoms with Crippen LogP contribution in [-0.2, 0) is 11.3 Å². The Balaban J connectivity index is 1.93. The molecular weight excluding hydrogens is 371 g/mol. The smallest absolute Gasteiger partial charge is 0.251 e. The Morgan fingerprint density at radius 2 is 1.55 bits per heavy atom. The summed E-state index contributed by atoms with van der Waals surface area (Å²) in [6, 6.07) is 14.0. The number of amides is 1. The second-order valence-corrected chi connectivity index (χ2v) is 6.93. The molecular formula is C23H21FN2O3. The Hall–Kier alpha value is -3.54. The van der Waals surface area contributed by atoms with E-state index in [4.69, 9.17) is 0 Å². The number of halogens is 1. The van der Waals surface area contributed by atoms with Crippen LogP contribution in [0.25, 0.3) is 0 Å². The highest BCUT2D eigenvalue weighted by Crippen LogP contribution is 2.16. The summed E-state index contributed by atoms with van der Waals surface area (Å²) in [6.07, 6.45) is 1.47. The van der Waals surface area contributed by atoms with E-state index in [2.05, 4.69) is 5.32 Å². The van der Waals surface area contributed by atoms with Crippen LogP contribution in [0.4, 0.5) is 4.39 Å². The van der Waals surface area contributed by atoms with Crippen molar-refractivity contribution in [3.05, 3.63) is 105 Å². The molecule has 148 valence electrons. The molecule has 0 unspecified atom stereocenters. The molecule has 0 bridgehead atoms. The number of carbonyl (C=O) groups is 2. The zero-order valence-corrected chi connectivity index (χ0v) is 16.2. The Kier molecular flexibility index (Phi) is 6.02. The number of hydrogen-bond acceptors (Lipinski definition) is 3. The molecule has 5 nitrogen and oxygen atoms in total. The summed E-state index contributed by atoms with van der Waals surface area (Å²) in [7, 11) is 0. The summed E-state index contributed by atoms with van der Waals surface area (Å²) in [5.74, 6) is -1.68. The molecule has 6 heteroatoms. The van der Waals surface area contributed by atoms with E-state index in [0.29, 0.717) is 0 Å². The molecule has 2 aromatic carbocycles. The predicted molar refractivity (Wildman–Crippen MR) is 108 cm³/mol. The van der Waals surface area contributed by atoms with Gasteiger partial charge in [0.15, 0.2) is 11.8 Å². The van der Waals surface area contributed by atoms with Crippen molar-refractivity contribution >= 4 is 11.7 Å². The van der Waals surface area contributed by atoms with Crippen LogP contribution in [0.15, 0.2) is 71.7 Å². The number of hydrogen-bond donors (Lipinski definition) is 1. The van der Waals surface area contributed by atoms with Gasteiger partial charge in [0.1, 0.15) is 5.82 Å². The molecule has 1 atom stereocenters. The molecule has 0 radical (unpaired) electrons. The van der Waals surface area contributed by atoms with E-state index in [-0.39, 0.29) is 12.1 Å². The molecule has 0 fully saturated rings. The number of aryl methyl sites for hydroxylation is 2. The summed E-state index contributed by atoms with van der Waals surface area (Å²) in [5.41, 5.74) is 2.37. The van der Waals surface area contributed by atoms with Gasteiger partial charge in [-0.3, -0.25) is 19.0 Å². The fourth-order valence-electron chi connectivity index (χ4n) is 2.95. The molecule has 1 aromatic heterocycles. The van der Waals surface area contributed by atoms with E-state index in [0.717, 1.165) is 33.4 Å². The molecule has 0 aliphatic carbocycles. The fourth-order valence-corrected chi connectivity index (χ4v) is 2.95. The second kappa shape index (κ2) is 8.65. The minimum Gasteiger partial charge on any atom is -0.350 e. The van der Waals surface area contributed by atoms with Crippen molar-refractivity contribution in [2.24, 2.45) is 0 Å². The zero-order chi connectivity index (χ0) is 21.0. The molecule has 3 aromatic rings. The number of benzene rings is 2. The summed E-state index contributed by atoms with van der Waals surface area (Å²) in [6.45, 7) is 3.94. The molecule has 29 heavy (non-hydrogen) atoms. The van der Waals surface area contributed by atoms with Crippen molar-refractivity contribution in [2.45, 2.75) is 26.4 Å². The highest BCUT2D eigenvalue weighted by Gasteiger charge is 2.30. The Morgan fingerprint density at radius 1 is 0.931 bits per heavy atom. The van der Waals surface area contributed by atoms with Gasteiger partial charge in [-0.05, 0) is 49.2 Å². The molecule has 1 N–H and O–H groups in total. The van der Waals surface area contributed by atoms with Gasteiger partial charge in [0.05, 0.1) is 0 Å². The van der Waals surface area contributed by atoms with Crippen molar-refractivity contribution in [1.82, 2.24) is 9.88 Å². The van der Waals surface area contributed by atoms with Gasteiger partial charge in [0.2, 0.25) is 0 Å². The van der Waals surface area contributed by atoms with E-state index in [1.54, 1.807) is 13.0 Å². The molecule has 1 amide bonds. The first-order chi connectivity index (χ1) is 13.8. The third-order valence-electron chi connectivity index (χ3n) is 4.58. The van der Waals surface area contributed by atoms with Crippen LogP contribution >= 0.6 is 0 Å². The van der Waals surface area contributed by atoms with Gasteiger partial charge in [-0.15, -0.1) is 0 Å². The first-order valence-electron chi connectivity index (χ1n) is 9.17. The van der Waals surface area contributed by atoms with Crippen molar-refractivity contribution < 1.29 is 14.0 Å². The standard InChI is InChI=1S/C23H21FN2O3/c1-15-3-6-17(7-4-15)13-25-23(29)21(26-14-16(2)5-12-20(26)27)22(28)18-8-10-19(24)11-9-18/h3-12,14,21H,13H2,1-2H3,(H,25,29)/t21-/m0/s1. The van der Waals surface area contributed by atoms with Crippen LogP contribution in [0, 0.1) is 19.7 Å². The Labute approximate surface area is 167 Å². The molecule has 0 aliphatic rings. The van der Waals surface area contributed by atoms with Gasteiger partial charge in [-0.2, -0.15) is 0 Å². The van der Waals surface area contributed by atoms with E-state index in [9.17, 15) is 18.8 Å². The maximum atomic E-state index is 13.2. The van der Waals surface area contributed by atoms with Crippen LogP contribution < -0.4 is 10.9 Å². The number of nitrogens with zero attached hydrogens (tertiary/aromatic N) is 1. The summed E-state index contributed by atoms with van der Waals surface area (Å²) in [5, 5.41) is 2.73. The maximum Gasteiger partial charge on any atom is 0.251 e. The number of aromatic nitrogens is 1. The lowest BCUT2D eigenvalue weighted by Crippen LogP contribution is -2.41. The van der Waals surface area contributed by atoms with E-state index < -0.39 is 29.1 Å². The minimum atomic E-state index is -1.39. The topological polar surface area (TPSA) is 68.2 Å². The highest BCUT2D eigenvalue weighted by atomic mass is 19.1. The first kappa shape index (κ1) is 20.2. The third-order valence-corrected chi connectivity index (χ3v) is 4.58. The number of Topliss-reactive ketones (excluding diaryl/α,β-unsaturated/α-hetero) is 1. The average molecular weight is 392 g/mol.